The Balaban J connectivity index is 2.85. The molecule has 1 atom stereocenters. The van der Waals surface area contributed by atoms with E-state index in [-0.39, 0.29) is 0 Å². The maximum Gasteiger partial charge on any atom is 0.122 e. The first kappa shape index (κ1) is 15.0. The molecule has 0 spiro atoms. The zero-order valence-electron chi connectivity index (χ0n) is 11.5. The number of thiocarbonyl (C=S) groups is 1. The van der Waals surface area contributed by atoms with Gasteiger partial charge in [-0.2, -0.15) is 0 Å². The highest BCUT2D eigenvalue weighted by molar-refractivity contribution is 7.80. The average Bonchev–Trinajstić information content (AvgIpc) is 2.30. The van der Waals surface area contributed by atoms with Crippen molar-refractivity contribution in [1.82, 2.24) is 0 Å². The van der Waals surface area contributed by atoms with E-state index in [4.69, 9.17) is 22.7 Å². The van der Waals surface area contributed by atoms with Crippen molar-refractivity contribution in [3.05, 3.63) is 29.3 Å². The van der Waals surface area contributed by atoms with Gasteiger partial charge in [-0.1, -0.05) is 38.2 Å². The monoisotopic (exact) mass is 265 g/mol. The second-order valence-electron chi connectivity index (χ2n) is 4.71. The summed E-state index contributed by atoms with van der Waals surface area (Å²) in [6, 6.07) is 6.44. The van der Waals surface area contributed by atoms with Crippen molar-refractivity contribution in [3.8, 4) is 5.75 Å². The summed E-state index contributed by atoms with van der Waals surface area (Å²) in [6.45, 7) is 7.05. The van der Waals surface area contributed by atoms with Gasteiger partial charge in [0, 0.05) is 6.42 Å². The van der Waals surface area contributed by atoms with Crippen molar-refractivity contribution >= 4 is 17.2 Å². The maximum absolute atomic E-state index is 5.68. The van der Waals surface area contributed by atoms with Crippen LogP contribution in [-0.2, 0) is 12.8 Å². The molecule has 100 valence electrons. The molecule has 2 nitrogen and oxygen atoms in total. The van der Waals surface area contributed by atoms with Crippen molar-refractivity contribution < 1.29 is 4.74 Å². The second-order valence-corrected chi connectivity index (χ2v) is 5.23. The van der Waals surface area contributed by atoms with E-state index in [2.05, 4.69) is 32.0 Å². The lowest BCUT2D eigenvalue weighted by Gasteiger charge is -2.15. The van der Waals surface area contributed by atoms with Crippen molar-refractivity contribution in [2.24, 2.45) is 11.7 Å². The Hall–Kier alpha value is -1.09. The van der Waals surface area contributed by atoms with E-state index in [0.29, 0.717) is 17.5 Å². The van der Waals surface area contributed by atoms with Gasteiger partial charge in [0.05, 0.1) is 11.6 Å². The molecule has 0 aromatic heterocycles. The molecule has 2 N–H and O–H groups in total. The third-order valence-electron chi connectivity index (χ3n) is 2.95. The van der Waals surface area contributed by atoms with Crippen LogP contribution in [0, 0.1) is 5.92 Å². The summed E-state index contributed by atoms with van der Waals surface area (Å²) in [7, 11) is 0. The molecule has 0 heterocycles. The minimum atomic E-state index is 0.453. The number of benzene rings is 1. The highest BCUT2D eigenvalue weighted by Gasteiger charge is 2.10. The third-order valence-corrected chi connectivity index (χ3v) is 3.12. The van der Waals surface area contributed by atoms with Gasteiger partial charge in [-0.05, 0) is 42.9 Å². The summed E-state index contributed by atoms with van der Waals surface area (Å²) >= 11 is 4.97. The van der Waals surface area contributed by atoms with E-state index >= 15 is 0 Å². The Morgan fingerprint density at radius 1 is 1.39 bits per heavy atom. The van der Waals surface area contributed by atoms with Gasteiger partial charge in [-0.15, -0.1) is 0 Å². The van der Waals surface area contributed by atoms with Gasteiger partial charge in [-0.25, -0.2) is 0 Å². The number of ether oxygens (including phenoxy) is 1. The number of hydrogen-bond donors (Lipinski definition) is 1. The molecular formula is C15H23NOS. The SMILES string of the molecule is CCOc1ccc(CC)cc1CC(C)CC(N)=S. The van der Waals surface area contributed by atoms with Crippen LogP contribution in [-0.4, -0.2) is 11.6 Å². The van der Waals surface area contributed by atoms with Crippen LogP contribution in [0.1, 0.15) is 38.3 Å². The van der Waals surface area contributed by atoms with Crippen molar-refractivity contribution in [3.63, 3.8) is 0 Å². The van der Waals surface area contributed by atoms with E-state index in [1.54, 1.807) is 0 Å². The first-order valence-corrected chi connectivity index (χ1v) is 7.00. The summed E-state index contributed by atoms with van der Waals surface area (Å²) in [5.74, 6) is 1.44. The Kier molecular flexibility index (Phi) is 6.13. The standard InChI is InChI=1S/C15H23NOS/c1-4-12-6-7-14(17-5-2)13(10-12)8-11(3)9-15(16)18/h6-7,10-11H,4-5,8-9H2,1-3H3,(H2,16,18). The fourth-order valence-corrected chi connectivity index (χ4v) is 2.38. The zero-order chi connectivity index (χ0) is 13.5. The summed E-state index contributed by atoms with van der Waals surface area (Å²) in [5.41, 5.74) is 8.21. The maximum atomic E-state index is 5.68. The lowest BCUT2D eigenvalue weighted by atomic mass is 9.95. The van der Waals surface area contributed by atoms with Gasteiger partial charge in [0.1, 0.15) is 5.75 Å². The fourth-order valence-electron chi connectivity index (χ4n) is 2.10. The first-order chi connectivity index (χ1) is 8.56. The lowest BCUT2D eigenvalue weighted by molar-refractivity contribution is 0.334. The molecule has 0 aliphatic carbocycles. The zero-order valence-corrected chi connectivity index (χ0v) is 12.3. The van der Waals surface area contributed by atoms with E-state index in [0.717, 1.165) is 25.0 Å². The van der Waals surface area contributed by atoms with E-state index < -0.39 is 0 Å². The summed E-state index contributed by atoms with van der Waals surface area (Å²) in [6.07, 6.45) is 2.79. The number of rotatable bonds is 7. The molecule has 0 bridgehead atoms. The minimum Gasteiger partial charge on any atom is -0.494 e. The van der Waals surface area contributed by atoms with Crippen LogP contribution in [0.3, 0.4) is 0 Å². The molecule has 1 unspecified atom stereocenters. The Morgan fingerprint density at radius 2 is 2.11 bits per heavy atom. The largest absolute Gasteiger partial charge is 0.494 e. The number of aryl methyl sites for hydroxylation is 1. The summed E-state index contributed by atoms with van der Waals surface area (Å²) in [4.78, 5) is 0.590. The van der Waals surface area contributed by atoms with Gasteiger partial charge < -0.3 is 10.5 Å². The van der Waals surface area contributed by atoms with Crippen molar-refractivity contribution in [2.45, 2.75) is 40.0 Å². The van der Waals surface area contributed by atoms with Crippen LogP contribution in [0.15, 0.2) is 18.2 Å². The smallest absolute Gasteiger partial charge is 0.122 e. The summed E-state index contributed by atoms with van der Waals surface area (Å²) in [5, 5.41) is 0. The lowest BCUT2D eigenvalue weighted by Crippen LogP contribution is -2.14. The Labute approximate surface area is 116 Å². The molecule has 0 aliphatic rings. The molecule has 0 radical (unpaired) electrons. The normalized spacial score (nSPS) is 12.2. The van der Waals surface area contributed by atoms with Crippen LogP contribution in [0.25, 0.3) is 0 Å². The van der Waals surface area contributed by atoms with Crippen LogP contribution >= 0.6 is 12.2 Å². The van der Waals surface area contributed by atoms with Crippen LogP contribution in [0.4, 0.5) is 0 Å². The molecule has 1 aromatic rings. The minimum absolute atomic E-state index is 0.453. The highest BCUT2D eigenvalue weighted by atomic mass is 32.1. The van der Waals surface area contributed by atoms with Gasteiger partial charge in [0.2, 0.25) is 0 Å². The van der Waals surface area contributed by atoms with Crippen molar-refractivity contribution in [1.29, 1.82) is 0 Å². The van der Waals surface area contributed by atoms with Gasteiger partial charge >= 0.3 is 0 Å². The summed E-state index contributed by atoms with van der Waals surface area (Å²) < 4.78 is 5.68. The predicted octanol–water partition coefficient (Wildman–Crippen LogP) is 3.50. The van der Waals surface area contributed by atoms with Crippen LogP contribution in [0.2, 0.25) is 0 Å². The van der Waals surface area contributed by atoms with E-state index in [9.17, 15) is 0 Å². The van der Waals surface area contributed by atoms with Gasteiger partial charge in [-0.3, -0.25) is 0 Å². The topological polar surface area (TPSA) is 35.2 Å². The molecule has 0 amide bonds. The van der Waals surface area contributed by atoms with Crippen LogP contribution < -0.4 is 10.5 Å². The van der Waals surface area contributed by atoms with Gasteiger partial charge in [0.15, 0.2) is 0 Å². The quantitative estimate of drug-likeness (QED) is 0.766. The number of nitrogens with two attached hydrogens (primary N) is 1. The molecule has 1 rings (SSSR count). The molecule has 1 aromatic carbocycles. The molecule has 0 saturated carbocycles. The molecule has 0 saturated heterocycles. The van der Waals surface area contributed by atoms with E-state index in [1.165, 1.54) is 11.1 Å². The number of hydrogen-bond acceptors (Lipinski definition) is 2. The van der Waals surface area contributed by atoms with Crippen LogP contribution in [0.5, 0.6) is 5.75 Å². The third kappa shape index (κ3) is 4.65. The Bertz CT molecular complexity index is 403. The predicted molar refractivity (Wildman–Crippen MR) is 81.3 cm³/mol. The fraction of sp³-hybridized carbons (Fsp3) is 0.533. The first-order valence-electron chi connectivity index (χ1n) is 6.59. The highest BCUT2D eigenvalue weighted by Crippen LogP contribution is 2.24. The molecular weight excluding hydrogens is 242 g/mol. The molecule has 3 heteroatoms. The molecule has 0 fully saturated rings. The molecule has 0 aliphatic heterocycles. The van der Waals surface area contributed by atoms with Gasteiger partial charge in [0.25, 0.3) is 0 Å². The average molecular weight is 265 g/mol. The van der Waals surface area contributed by atoms with Crippen molar-refractivity contribution in [2.75, 3.05) is 6.61 Å². The second kappa shape index (κ2) is 7.37. The Morgan fingerprint density at radius 3 is 2.67 bits per heavy atom. The molecule has 18 heavy (non-hydrogen) atoms. The van der Waals surface area contributed by atoms with E-state index in [1.807, 2.05) is 6.92 Å².